The fourth-order valence-corrected chi connectivity index (χ4v) is 3.07. The highest BCUT2D eigenvalue weighted by atomic mass is 16.5. The van der Waals surface area contributed by atoms with Crippen LogP contribution < -0.4 is 4.74 Å². The van der Waals surface area contributed by atoms with Crippen LogP contribution in [0.4, 0.5) is 0 Å². The molecule has 156 valence electrons. The molecule has 0 spiro atoms. The lowest BCUT2D eigenvalue weighted by Gasteiger charge is -2.14. The van der Waals surface area contributed by atoms with Gasteiger partial charge in [-0.2, -0.15) is 0 Å². The molecule has 1 rings (SSSR count). The molecule has 1 aromatic carbocycles. The molecule has 0 heterocycles. The molecule has 4 nitrogen and oxygen atoms in total. The fourth-order valence-electron chi connectivity index (χ4n) is 3.07. The van der Waals surface area contributed by atoms with Gasteiger partial charge in [0, 0.05) is 6.61 Å². The number of rotatable bonds is 18. The second-order valence-electron chi connectivity index (χ2n) is 7.02. The van der Waals surface area contributed by atoms with Crippen LogP contribution in [0, 0.1) is 0 Å². The zero-order chi connectivity index (χ0) is 20.5. The van der Waals surface area contributed by atoms with Gasteiger partial charge in [-0.05, 0) is 37.8 Å². The molecule has 0 amide bonds. The van der Waals surface area contributed by atoms with E-state index in [4.69, 9.17) is 14.6 Å². The highest BCUT2D eigenvalue weighted by molar-refractivity contribution is 5.90. The average Bonchev–Trinajstić information content (AvgIpc) is 2.69. The van der Waals surface area contributed by atoms with Gasteiger partial charge in [-0.3, -0.25) is 0 Å². The Labute approximate surface area is 170 Å². The maximum atomic E-state index is 11.1. The zero-order valence-corrected chi connectivity index (χ0v) is 17.1. The Morgan fingerprint density at radius 2 is 1.43 bits per heavy atom. The van der Waals surface area contributed by atoms with Gasteiger partial charge in [0.25, 0.3) is 0 Å². The molecule has 0 fully saturated rings. The number of benzene rings is 1. The van der Waals surface area contributed by atoms with E-state index in [0.29, 0.717) is 12.4 Å². The van der Waals surface area contributed by atoms with Gasteiger partial charge in [0.15, 0.2) is 0 Å². The smallest absolute Gasteiger partial charge is 0.339 e. The van der Waals surface area contributed by atoms with E-state index in [1.54, 1.807) is 24.3 Å². The van der Waals surface area contributed by atoms with Crippen LogP contribution in [0.3, 0.4) is 0 Å². The number of carboxylic acid groups (broad SMARTS) is 1. The first kappa shape index (κ1) is 24.0. The summed E-state index contributed by atoms with van der Waals surface area (Å²) >= 11 is 0. The number of para-hydroxylation sites is 1. The van der Waals surface area contributed by atoms with Crippen molar-refractivity contribution in [1.29, 1.82) is 0 Å². The molecule has 0 saturated heterocycles. The Morgan fingerprint density at radius 3 is 2.00 bits per heavy atom. The van der Waals surface area contributed by atoms with Gasteiger partial charge in [0.05, 0.1) is 12.7 Å². The highest BCUT2D eigenvalue weighted by Crippen LogP contribution is 2.18. The normalized spacial score (nSPS) is 10.8. The fraction of sp³-hybridized carbons (Fsp3) is 0.542. The maximum absolute atomic E-state index is 11.1. The van der Waals surface area contributed by atoms with Crippen molar-refractivity contribution in [2.24, 2.45) is 0 Å². The van der Waals surface area contributed by atoms with E-state index in [1.807, 2.05) is 12.2 Å². The van der Waals surface area contributed by atoms with Gasteiger partial charge < -0.3 is 14.6 Å². The van der Waals surface area contributed by atoms with Crippen LogP contribution in [0.5, 0.6) is 5.75 Å². The second-order valence-corrected chi connectivity index (χ2v) is 7.02. The molecule has 0 aliphatic carbocycles. The monoisotopic (exact) mass is 388 g/mol. The molecular formula is C24H36O4. The van der Waals surface area contributed by atoms with Crippen LogP contribution in [0.25, 0.3) is 0 Å². The van der Waals surface area contributed by atoms with Crippen molar-refractivity contribution in [3.8, 4) is 5.75 Å². The second kappa shape index (κ2) is 15.9. The quantitative estimate of drug-likeness (QED) is 0.233. The van der Waals surface area contributed by atoms with E-state index in [0.717, 1.165) is 38.7 Å². The van der Waals surface area contributed by atoms with Crippen LogP contribution in [0.1, 0.15) is 74.6 Å². The Morgan fingerprint density at radius 1 is 0.893 bits per heavy atom. The minimum absolute atomic E-state index is 0.229. The van der Waals surface area contributed by atoms with Crippen molar-refractivity contribution >= 4 is 5.97 Å². The minimum Gasteiger partial charge on any atom is -0.493 e. The summed E-state index contributed by atoms with van der Waals surface area (Å²) in [5.74, 6) is -0.487. The lowest BCUT2D eigenvalue weighted by molar-refractivity contribution is 0.0547. The predicted octanol–water partition coefficient (Wildman–Crippen LogP) is 6.42. The van der Waals surface area contributed by atoms with Crippen molar-refractivity contribution in [3.63, 3.8) is 0 Å². The van der Waals surface area contributed by atoms with Crippen molar-refractivity contribution in [2.45, 2.75) is 70.3 Å². The summed E-state index contributed by atoms with van der Waals surface area (Å²) in [5, 5.41) is 9.12. The number of ether oxygens (including phenoxy) is 2. The molecule has 1 N–H and O–H groups in total. The Kier molecular flexibility index (Phi) is 13.6. The van der Waals surface area contributed by atoms with E-state index >= 15 is 0 Å². The Balaban J connectivity index is 1.95. The van der Waals surface area contributed by atoms with Gasteiger partial charge in [0.2, 0.25) is 0 Å². The third kappa shape index (κ3) is 10.9. The Bertz CT molecular complexity index is 557. The van der Waals surface area contributed by atoms with Gasteiger partial charge >= 0.3 is 5.97 Å². The molecule has 1 aromatic rings. The summed E-state index contributed by atoms with van der Waals surface area (Å²) in [5.41, 5.74) is 0.229. The molecule has 28 heavy (non-hydrogen) atoms. The minimum atomic E-state index is -0.946. The summed E-state index contributed by atoms with van der Waals surface area (Å²) in [6.45, 7) is 8.92. The lowest BCUT2D eigenvalue weighted by atomic mass is 10.1. The molecule has 0 aromatic heterocycles. The van der Waals surface area contributed by atoms with Crippen LogP contribution in [-0.2, 0) is 4.74 Å². The van der Waals surface area contributed by atoms with Gasteiger partial charge in [-0.15, -0.1) is 13.2 Å². The molecule has 0 aliphatic rings. The van der Waals surface area contributed by atoms with E-state index in [-0.39, 0.29) is 11.7 Å². The first-order chi connectivity index (χ1) is 13.7. The van der Waals surface area contributed by atoms with E-state index in [2.05, 4.69) is 13.2 Å². The standard InChI is InChI=1S/C24H36O4/c1-3-15-21(16-4-2)27-19-13-9-7-5-6-8-10-14-20-28-23-18-12-11-17-22(23)24(25)26/h3-4,11-12,17-18,21H,1-2,5-10,13-16,19-20H2,(H,25,26). The Hall–Kier alpha value is -2.07. The lowest BCUT2D eigenvalue weighted by Crippen LogP contribution is -2.11. The third-order valence-corrected chi connectivity index (χ3v) is 4.63. The van der Waals surface area contributed by atoms with Crippen molar-refractivity contribution in [2.75, 3.05) is 13.2 Å². The first-order valence-electron chi connectivity index (χ1n) is 10.5. The summed E-state index contributed by atoms with van der Waals surface area (Å²) in [6, 6.07) is 6.79. The van der Waals surface area contributed by atoms with Crippen molar-refractivity contribution in [1.82, 2.24) is 0 Å². The molecule has 0 saturated carbocycles. The molecule has 0 unspecified atom stereocenters. The topological polar surface area (TPSA) is 55.8 Å². The number of carboxylic acids is 1. The maximum Gasteiger partial charge on any atom is 0.339 e. The number of hydrogen-bond donors (Lipinski definition) is 1. The van der Waals surface area contributed by atoms with Gasteiger partial charge in [0.1, 0.15) is 11.3 Å². The summed E-state index contributed by atoms with van der Waals surface area (Å²) in [6.07, 6.45) is 15.2. The van der Waals surface area contributed by atoms with Gasteiger partial charge in [-0.25, -0.2) is 4.79 Å². The molecule has 0 bridgehead atoms. The average molecular weight is 389 g/mol. The van der Waals surface area contributed by atoms with Crippen LogP contribution in [0.2, 0.25) is 0 Å². The molecular weight excluding hydrogens is 352 g/mol. The highest BCUT2D eigenvalue weighted by Gasteiger charge is 2.09. The number of aromatic carboxylic acids is 1. The van der Waals surface area contributed by atoms with Gasteiger partial charge in [-0.1, -0.05) is 62.8 Å². The molecule has 4 heteroatoms. The first-order valence-corrected chi connectivity index (χ1v) is 10.5. The van der Waals surface area contributed by atoms with Crippen molar-refractivity contribution in [3.05, 3.63) is 55.1 Å². The molecule has 0 aliphatic heterocycles. The summed E-state index contributed by atoms with van der Waals surface area (Å²) < 4.78 is 11.5. The van der Waals surface area contributed by atoms with Crippen LogP contribution >= 0.6 is 0 Å². The summed E-state index contributed by atoms with van der Waals surface area (Å²) in [7, 11) is 0. The number of unbranched alkanes of at least 4 members (excludes halogenated alkanes) is 7. The van der Waals surface area contributed by atoms with E-state index in [1.165, 1.54) is 32.1 Å². The predicted molar refractivity (Wildman–Crippen MR) is 115 cm³/mol. The third-order valence-electron chi connectivity index (χ3n) is 4.63. The van der Waals surface area contributed by atoms with Crippen LogP contribution in [-0.4, -0.2) is 30.4 Å². The molecule has 0 radical (unpaired) electrons. The molecule has 0 atom stereocenters. The largest absolute Gasteiger partial charge is 0.493 e. The summed E-state index contributed by atoms with van der Waals surface area (Å²) in [4.78, 5) is 11.1. The van der Waals surface area contributed by atoms with Crippen LogP contribution in [0.15, 0.2) is 49.6 Å². The van der Waals surface area contributed by atoms with Crippen molar-refractivity contribution < 1.29 is 19.4 Å². The number of carbonyl (C=O) groups is 1. The SMILES string of the molecule is C=CCC(CC=C)OCCCCCCCCCCOc1ccccc1C(=O)O. The number of hydrogen-bond acceptors (Lipinski definition) is 3. The van der Waals surface area contributed by atoms with E-state index in [9.17, 15) is 4.79 Å². The van der Waals surface area contributed by atoms with E-state index < -0.39 is 5.97 Å². The zero-order valence-electron chi connectivity index (χ0n) is 17.1.